The standard InChI is InChI=1S/C20H25FN2O.CH2O2/c1-14-13-17(21)5-8-20(14)23-11-9-18(10-12-23)22-15(2)16-3-6-19(24)7-4-16;2-1-3/h3-8,13,15,18,22,24H,9-12H2,1-2H3;1H,(H,2,3). The Bertz CT molecular complexity index is 729. The van der Waals surface area contributed by atoms with Gasteiger partial charge in [0.25, 0.3) is 6.47 Å². The lowest BCUT2D eigenvalue weighted by Gasteiger charge is -2.36. The van der Waals surface area contributed by atoms with Gasteiger partial charge in [0.1, 0.15) is 11.6 Å². The number of aryl methyl sites for hydroxylation is 1. The van der Waals surface area contributed by atoms with Crippen LogP contribution in [0.1, 0.15) is 36.9 Å². The molecule has 1 aliphatic heterocycles. The van der Waals surface area contributed by atoms with Gasteiger partial charge in [0.05, 0.1) is 0 Å². The van der Waals surface area contributed by atoms with Crippen LogP contribution >= 0.6 is 0 Å². The zero-order valence-corrected chi connectivity index (χ0v) is 15.7. The van der Waals surface area contributed by atoms with Crippen molar-refractivity contribution in [3.8, 4) is 5.75 Å². The largest absolute Gasteiger partial charge is 0.508 e. The second-order valence-corrected chi connectivity index (χ2v) is 6.78. The smallest absolute Gasteiger partial charge is 0.290 e. The minimum Gasteiger partial charge on any atom is -0.508 e. The molecule has 1 unspecified atom stereocenters. The van der Waals surface area contributed by atoms with E-state index in [0.29, 0.717) is 11.8 Å². The number of nitrogens with one attached hydrogen (secondary N) is 1. The molecule has 2 aromatic rings. The summed E-state index contributed by atoms with van der Waals surface area (Å²) in [6.07, 6.45) is 2.14. The average molecular weight is 374 g/mol. The lowest BCUT2D eigenvalue weighted by molar-refractivity contribution is -0.122. The van der Waals surface area contributed by atoms with E-state index in [2.05, 4.69) is 17.1 Å². The zero-order chi connectivity index (χ0) is 19.8. The van der Waals surface area contributed by atoms with Crippen LogP contribution in [-0.2, 0) is 4.79 Å². The molecule has 3 N–H and O–H groups in total. The van der Waals surface area contributed by atoms with Gasteiger partial charge < -0.3 is 20.4 Å². The third-order valence-corrected chi connectivity index (χ3v) is 4.87. The quantitative estimate of drug-likeness (QED) is 0.709. The van der Waals surface area contributed by atoms with Crippen molar-refractivity contribution in [1.29, 1.82) is 0 Å². The van der Waals surface area contributed by atoms with E-state index in [9.17, 15) is 9.50 Å². The first-order chi connectivity index (χ1) is 12.9. The molecule has 1 fully saturated rings. The topological polar surface area (TPSA) is 72.8 Å². The number of carboxylic acid groups (broad SMARTS) is 1. The second kappa shape index (κ2) is 9.92. The van der Waals surface area contributed by atoms with E-state index in [4.69, 9.17) is 9.90 Å². The molecule has 146 valence electrons. The summed E-state index contributed by atoms with van der Waals surface area (Å²) in [7, 11) is 0. The summed E-state index contributed by atoms with van der Waals surface area (Å²) in [4.78, 5) is 10.7. The summed E-state index contributed by atoms with van der Waals surface area (Å²) >= 11 is 0. The highest BCUT2D eigenvalue weighted by Gasteiger charge is 2.22. The number of aromatic hydroxyl groups is 1. The van der Waals surface area contributed by atoms with Crippen molar-refractivity contribution in [2.75, 3.05) is 18.0 Å². The second-order valence-electron chi connectivity index (χ2n) is 6.78. The summed E-state index contributed by atoms with van der Waals surface area (Å²) in [6.45, 7) is 5.83. The van der Waals surface area contributed by atoms with Crippen LogP contribution in [0.2, 0.25) is 0 Å². The molecule has 0 bridgehead atoms. The van der Waals surface area contributed by atoms with Gasteiger partial charge in [-0.05, 0) is 68.1 Å². The third-order valence-electron chi connectivity index (χ3n) is 4.87. The Kier molecular flexibility index (Phi) is 7.61. The number of phenols is 1. The number of rotatable bonds is 4. The number of hydrogen-bond acceptors (Lipinski definition) is 4. The summed E-state index contributed by atoms with van der Waals surface area (Å²) in [6, 6.07) is 13.2. The molecule has 0 spiro atoms. The number of nitrogens with zero attached hydrogens (tertiary/aromatic N) is 1. The van der Waals surface area contributed by atoms with E-state index in [1.165, 1.54) is 5.56 Å². The first-order valence-electron chi connectivity index (χ1n) is 9.08. The Morgan fingerprint density at radius 2 is 1.78 bits per heavy atom. The maximum Gasteiger partial charge on any atom is 0.290 e. The van der Waals surface area contributed by atoms with Gasteiger partial charge in [-0.3, -0.25) is 4.79 Å². The van der Waals surface area contributed by atoms with Crippen LogP contribution in [0.25, 0.3) is 0 Å². The van der Waals surface area contributed by atoms with Crippen LogP contribution in [0.15, 0.2) is 42.5 Å². The number of halogens is 1. The molecular formula is C21H27FN2O3. The van der Waals surface area contributed by atoms with Gasteiger partial charge in [0.2, 0.25) is 0 Å². The molecule has 3 rings (SSSR count). The van der Waals surface area contributed by atoms with E-state index in [-0.39, 0.29) is 18.3 Å². The summed E-state index contributed by atoms with van der Waals surface area (Å²) in [5, 5.41) is 20.0. The van der Waals surface area contributed by atoms with Gasteiger partial charge in [0, 0.05) is 30.9 Å². The Morgan fingerprint density at radius 3 is 2.33 bits per heavy atom. The van der Waals surface area contributed by atoms with E-state index >= 15 is 0 Å². The van der Waals surface area contributed by atoms with Crippen molar-refractivity contribution in [2.24, 2.45) is 0 Å². The molecule has 2 aromatic carbocycles. The minimum absolute atomic E-state index is 0.171. The molecule has 27 heavy (non-hydrogen) atoms. The fourth-order valence-electron chi connectivity index (χ4n) is 3.47. The van der Waals surface area contributed by atoms with Crippen LogP contribution < -0.4 is 10.2 Å². The zero-order valence-electron chi connectivity index (χ0n) is 15.7. The van der Waals surface area contributed by atoms with Gasteiger partial charge in [-0.1, -0.05) is 12.1 Å². The first kappa shape index (κ1) is 20.7. The van der Waals surface area contributed by atoms with Gasteiger partial charge in [-0.2, -0.15) is 0 Å². The molecule has 5 nitrogen and oxygen atoms in total. The normalized spacial score (nSPS) is 15.6. The molecule has 1 aliphatic rings. The van der Waals surface area contributed by atoms with Gasteiger partial charge in [-0.25, -0.2) is 4.39 Å². The van der Waals surface area contributed by atoms with Gasteiger partial charge in [-0.15, -0.1) is 0 Å². The monoisotopic (exact) mass is 374 g/mol. The molecular weight excluding hydrogens is 347 g/mol. The van der Waals surface area contributed by atoms with Crippen molar-refractivity contribution in [1.82, 2.24) is 5.32 Å². The summed E-state index contributed by atoms with van der Waals surface area (Å²) < 4.78 is 13.3. The SMILES string of the molecule is Cc1cc(F)ccc1N1CCC(NC(C)c2ccc(O)cc2)CC1.O=CO. The van der Waals surface area contributed by atoms with Crippen molar-refractivity contribution < 1.29 is 19.4 Å². The Morgan fingerprint density at radius 1 is 1.19 bits per heavy atom. The predicted molar refractivity (Wildman–Crippen MR) is 105 cm³/mol. The van der Waals surface area contributed by atoms with Gasteiger partial charge in [0.15, 0.2) is 0 Å². The van der Waals surface area contributed by atoms with Crippen molar-refractivity contribution in [3.63, 3.8) is 0 Å². The Labute approximate surface area is 159 Å². The molecule has 1 heterocycles. The fourth-order valence-corrected chi connectivity index (χ4v) is 3.47. The highest BCUT2D eigenvalue weighted by atomic mass is 19.1. The highest BCUT2D eigenvalue weighted by Crippen LogP contribution is 2.25. The summed E-state index contributed by atoms with van der Waals surface area (Å²) in [5.74, 6) is 0.129. The van der Waals surface area contributed by atoms with Crippen LogP contribution in [0.4, 0.5) is 10.1 Å². The molecule has 1 atom stereocenters. The number of benzene rings is 2. The van der Waals surface area contributed by atoms with E-state index in [1.54, 1.807) is 24.3 Å². The number of hydrogen-bond donors (Lipinski definition) is 3. The van der Waals surface area contributed by atoms with E-state index < -0.39 is 0 Å². The molecule has 0 amide bonds. The number of anilines is 1. The molecule has 0 radical (unpaired) electrons. The summed E-state index contributed by atoms with van der Waals surface area (Å²) in [5.41, 5.74) is 3.32. The first-order valence-corrected chi connectivity index (χ1v) is 9.08. The Balaban J connectivity index is 0.000000817. The van der Waals surface area contributed by atoms with Crippen molar-refractivity contribution in [3.05, 3.63) is 59.4 Å². The molecule has 0 aliphatic carbocycles. The maximum atomic E-state index is 13.3. The highest BCUT2D eigenvalue weighted by molar-refractivity contribution is 5.53. The average Bonchev–Trinajstić information content (AvgIpc) is 2.64. The van der Waals surface area contributed by atoms with E-state index in [1.807, 2.05) is 25.1 Å². The van der Waals surface area contributed by atoms with Crippen LogP contribution in [0.5, 0.6) is 5.75 Å². The van der Waals surface area contributed by atoms with Crippen molar-refractivity contribution >= 4 is 12.2 Å². The predicted octanol–water partition coefficient (Wildman–Crippen LogP) is 3.86. The lowest BCUT2D eigenvalue weighted by atomic mass is 10.0. The fraction of sp³-hybridized carbons (Fsp3) is 0.381. The number of carbonyl (C=O) groups is 1. The van der Waals surface area contributed by atoms with Crippen molar-refractivity contribution in [2.45, 2.75) is 38.8 Å². The van der Waals surface area contributed by atoms with Crippen LogP contribution in [-0.4, -0.2) is 35.8 Å². The molecule has 0 saturated carbocycles. The van der Waals surface area contributed by atoms with E-state index in [0.717, 1.165) is 37.2 Å². The molecule has 1 saturated heterocycles. The molecule has 6 heteroatoms. The van der Waals surface area contributed by atoms with Gasteiger partial charge >= 0.3 is 0 Å². The Hall–Kier alpha value is -2.60. The number of piperidine rings is 1. The minimum atomic E-state index is -0.250. The number of phenolic OH excluding ortho intramolecular Hbond substituents is 1. The lowest BCUT2D eigenvalue weighted by Crippen LogP contribution is -2.43. The third kappa shape index (κ3) is 5.96. The maximum absolute atomic E-state index is 13.3. The van der Waals surface area contributed by atoms with Crippen LogP contribution in [0.3, 0.4) is 0 Å². The van der Waals surface area contributed by atoms with Crippen LogP contribution in [0, 0.1) is 12.7 Å². The molecule has 0 aromatic heterocycles.